The van der Waals surface area contributed by atoms with Gasteiger partial charge in [0.25, 0.3) is 10.0 Å². The highest BCUT2D eigenvalue weighted by Crippen LogP contribution is 2.38. The average Bonchev–Trinajstić information content (AvgIpc) is 3.48. The summed E-state index contributed by atoms with van der Waals surface area (Å²) in [4.78, 5) is 13.4. The molecule has 0 radical (unpaired) electrons. The standard InChI is InChI=1S/C24H15F4N3O4S2/c25-19-10-5-14(11-18(19)24(26,27)28)13-31(21-12-16-3-1-2-4-20(16)36-21)37(33,34)17-8-6-15(7-9-17)22-29-23(32)35-30-22/h1-12H,13H2,(H,29,30,32). The molecule has 7 nitrogen and oxygen atoms in total. The lowest BCUT2D eigenvalue weighted by molar-refractivity contribution is -0.140. The smallest absolute Gasteiger partial charge is 0.296 e. The molecule has 13 heteroatoms. The van der Waals surface area contributed by atoms with Crippen molar-refractivity contribution in [1.82, 2.24) is 10.1 Å². The molecule has 0 saturated carbocycles. The molecular weight excluding hydrogens is 534 g/mol. The normalized spacial score (nSPS) is 12.2. The third-order valence-electron chi connectivity index (χ3n) is 5.48. The van der Waals surface area contributed by atoms with Crippen molar-refractivity contribution in [2.24, 2.45) is 0 Å². The number of thiophene rings is 1. The summed E-state index contributed by atoms with van der Waals surface area (Å²) < 4.78 is 87.5. The van der Waals surface area contributed by atoms with Crippen molar-refractivity contribution in [3.63, 3.8) is 0 Å². The first-order valence-electron chi connectivity index (χ1n) is 10.6. The Morgan fingerprint density at radius 1 is 1.00 bits per heavy atom. The van der Waals surface area contributed by atoms with Gasteiger partial charge in [0, 0.05) is 10.3 Å². The number of aromatic amines is 1. The number of hydrogen-bond acceptors (Lipinski definition) is 6. The molecule has 0 bridgehead atoms. The first-order chi connectivity index (χ1) is 17.5. The Balaban J connectivity index is 1.58. The molecular formula is C24H15F4N3O4S2. The molecule has 0 amide bonds. The predicted molar refractivity (Wildman–Crippen MR) is 129 cm³/mol. The summed E-state index contributed by atoms with van der Waals surface area (Å²) in [5.74, 6) is -2.13. The molecule has 1 N–H and O–H groups in total. The van der Waals surface area contributed by atoms with Gasteiger partial charge in [-0.25, -0.2) is 17.6 Å². The minimum absolute atomic E-state index is 0.0495. The van der Waals surface area contributed by atoms with Gasteiger partial charge in [-0.3, -0.25) is 13.8 Å². The van der Waals surface area contributed by atoms with Crippen LogP contribution in [-0.2, 0) is 22.7 Å². The number of sulfonamides is 1. The van der Waals surface area contributed by atoms with Gasteiger partial charge in [0.2, 0.25) is 0 Å². The zero-order valence-corrected chi connectivity index (χ0v) is 20.1. The van der Waals surface area contributed by atoms with Crippen molar-refractivity contribution in [3.05, 3.63) is 100 Å². The van der Waals surface area contributed by atoms with E-state index in [2.05, 4.69) is 14.7 Å². The first kappa shape index (κ1) is 24.7. The van der Waals surface area contributed by atoms with E-state index in [1.54, 1.807) is 30.3 Å². The van der Waals surface area contributed by atoms with E-state index in [1.807, 2.05) is 0 Å². The van der Waals surface area contributed by atoms with E-state index in [4.69, 9.17) is 0 Å². The van der Waals surface area contributed by atoms with Crippen molar-refractivity contribution >= 4 is 36.4 Å². The van der Waals surface area contributed by atoms with Crippen LogP contribution < -0.4 is 10.1 Å². The van der Waals surface area contributed by atoms with Gasteiger partial charge >= 0.3 is 11.9 Å². The number of hydrogen-bond donors (Lipinski definition) is 1. The van der Waals surface area contributed by atoms with Crippen LogP contribution in [-0.4, -0.2) is 18.6 Å². The SMILES string of the molecule is O=c1[nH]c(-c2ccc(S(=O)(=O)N(Cc3ccc(F)c(C(F)(F)F)c3)c3cc4ccccc4s3)cc2)no1. The van der Waals surface area contributed by atoms with Crippen LogP contribution in [0.15, 0.2) is 87.0 Å². The molecule has 0 spiro atoms. The lowest BCUT2D eigenvalue weighted by Gasteiger charge is -2.23. The summed E-state index contributed by atoms with van der Waals surface area (Å²) in [6, 6.07) is 16.5. The van der Waals surface area contributed by atoms with Crippen LogP contribution in [0.3, 0.4) is 0 Å². The molecule has 0 saturated heterocycles. The first-order valence-corrected chi connectivity index (χ1v) is 12.8. The summed E-state index contributed by atoms with van der Waals surface area (Å²) in [5, 5.41) is 4.57. The third-order valence-corrected chi connectivity index (χ3v) is 8.51. The third kappa shape index (κ3) is 4.87. The van der Waals surface area contributed by atoms with Crippen molar-refractivity contribution < 1.29 is 30.5 Å². The number of nitrogens with one attached hydrogen (secondary N) is 1. The second-order valence-electron chi connectivity index (χ2n) is 7.91. The Labute approximate surface area is 210 Å². The highest BCUT2D eigenvalue weighted by atomic mass is 32.2. The van der Waals surface area contributed by atoms with Gasteiger partial charge in [-0.1, -0.05) is 29.4 Å². The highest BCUT2D eigenvalue weighted by molar-refractivity contribution is 7.93. The molecule has 37 heavy (non-hydrogen) atoms. The zero-order valence-electron chi connectivity index (χ0n) is 18.5. The summed E-state index contributed by atoms with van der Waals surface area (Å²) in [5.41, 5.74) is -1.15. The molecule has 2 aromatic heterocycles. The van der Waals surface area contributed by atoms with Gasteiger partial charge in [-0.05, 0) is 59.5 Å². The fourth-order valence-corrected chi connectivity index (χ4v) is 6.41. The number of alkyl halides is 3. The molecule has 3 aromatic carbocycles. The van der Waals surface area contributed by atoms with Crippen LogP contribution in [0.2, 0.25) is 0 Å². The number of nitrogens with zero attached hydrogens (tertiary/aromatic N) is 2. The van der Waals surface area contributed by atoms with Crippen molar-refractivity contribution in [1.29, 1.82) is 0 Å². The van der Waals surface area contributed by atoms with Crippen LogP contribution >= 0.6 is 11.3 Å². The number of H-pyrrole nitrogens is 1. The number of aromatic nitrogens is 2. The molecule has 190 valence electrons. The molecule has 2 heterocycles. The number of rotatable bonds is 6. The van der Waals surface area contributed by atoms with E-state index in [1.165, 1.54) is 24.3 Å². The molecule has 0 unspecified atom stereocenters. The maximum atomic E-state index is 13.9. The van der Waals surface area contributed by atoms with Gasteiger partial charge in [0.15, 0.2) is 5.82 Å². The zero-order chi connectivity index (χ0) is 26.4. The lowest BCUT2D eigenvalue weighted by atomic mass is 10.1. The molecule has 0 fully saturated rings. The van der Waals surface area contributed by atoms with Crippen molar-refractivity contribution in [2.45, 2.75) is 17.6 Å². The van der Waals surface area contributed by atoms with Crippen LogP contribution in [0.25, 0.3) is 21.5 Å². The van der Waals surface area contributed by atoms with Gasteiger partial charge in [0.05, 0.1) is 17.0 Å². The number of benzene rings is 3. The minimum Gasteiger partial charge on any atom is -0.296 e. The fraction of sp³-hybridized carbons (Fsp3) is 0.0833. The Hall–Kier alpha value is -3.97. The maximum absolute atomic E-state index is 13.9. The lowest BCUT2D eigenvalue weighted by Crippen LogP contribution is -2.30. The molecule has 0 aliphatic heterocycles. The second-order valence-corrected chi connectivity index (χ2v) is 10.8. The van der Waals surface area contributed by atoms with E-state index in [-0.39, 0.29) is 21.3 Å². The monoisotopic (exact) mass is 549 g/mol. The topological polar surface area (TPSA) is 96.3 Å². The van der Waals surface area contributed by atoms with Crippen LogP contribution in [0, 0.1) is 5.82 Å². The molecule has 0 aliphatic carbocycles. The van der Waals surface area contributed by atoms with E-state index < -0.39 is 39.9 Å². The highest BCUT2D eigenvalue weighted by Gasteiger charge is 2.35. The number of fused-ring (bicyclic) bond motifs is 1. The van der Waals surface area contributed by atoms with Gasteiger partial charge in [-0.15, -0.1) is 11.3 Å². The van der Waals surface area contributed by atoms with E-state index in [0.717, 1.165) is 31.8 Å². The van der Waals surface area contributed by atoms with E-state index in [9.17, 15) is 30.8 Å². The van der Waals surface area contributed by atoms with E-state index >= 15 is 0 Å². The molecule has 0 aliphatic rings. The molecule has 5 rings (SSSR count). The summed E-state index contributed by atoms with van der Waals surface area (Å²) >= 11 is 1.15. The van der Waals surface area contributed by atoms with E-state index in [0.29, 0.717) is 17.7 Å². The van der Waals surface area contributed by atoms with Gasteiger partial charge < -0.3 is 0 Å². The Kier molecular flexibility index (Phi) is 6.12. The van der Waals surface area contributed by atoms with Crippen LogP contribution in [0.4, 0.5) is 22.6 Å². The largest absolute Gasteiger partial charge is 0.439 e. The molecule has 0 atom stereocenters. The number of halogens is 4. The van der Waals surface area contributed by atoms with Crippen molar-refractivity contribution in [3.8, 4) is 11.4 Å². The average molecular weight is 550 g/mol. The Morgan fingerprint density at radius 3 is 2.38 bits per heavy atom. The van der Waals surface area contributed by atoms with Crippen molar-refractivity contribution in [2.75, 3.05) is 4.31 Å². The van der Waals surface area contributed by atoms with Gasteiger partial charge in [-0.2, -0.15) is 13.2 Å². The summed E-state index contributed by atoms with van der Waals surface area (Å²) in [6.07, 6.45) is -4.95. The summed E-state index contributed by atoms with van der Waals surface area (Å²) in [6.45, 7) is -0.475. The van der Waals surface area contributed by atoms with Crippen LogP contribution in [0.1, 0.15) is 11.1 Å². The van der Waals surface area contributed by atoms with Crippen LogP contribution in [0.5, 0.6) is 0 Å². The number of anilines is 1. The fourth-order valence-electron chi connectivity index (χ4n) is 3.69. The van der Waals surface area contributed by atoms with Gasteiger partial charge in [0.1, 0.15) is 10.8 Å². The second kappa shape index (κ2) is 9.16. The Bertz CT molecular complexity index is 1720. The summed E-state index contributed by atoms with van der Waals surface area (Å²) in [7, 11) is -4.30. The maximum Gasteiger partial charge on any atom is 0.439 e. The minimum atomic E-state index is -4.95. The quantitative estimate of drug-likeness (QED) is 0.270. The molecule has 5 aromatic rings. The Morgan fingerprint density at radius 2 is 1.73 bits per heavy atom. The predicted octanol–water partition coefficient (Wildman–Crippen LogP) is 5.80.